The van der Waals surface area contributed by atoms with Gasteiger partial charge in [0.15, 0.2) is 0 Å². The monoisotopic (exact) mass is 825 g/mol. The first-order valence-electron chi connectivity index (χ1n) is 22.4. The summed E-state index contributed by atoms with van der Waals surface area (Å²) in [6, 6.07) is 95.4. The van der Waals surface area contributed by atoms with Gasteiger partial charge in [0.05, 0.1) is 5.69 Å². The minimum Gasteiger partial charge on any atom is -0.310 e. The smallest absolute Gasteiger partial charge is 0.0546 e. The zero-order chi connectivity index (χ0) is 43.1. The van der Waals surface area contributed by atoms with E-state index < -0.39 is 0 Å². The highest BCUT2D eigenvalue weighted by molar-refractivity contribution is 6.08. The van der Waals surface area contributed by atoms with E-state index >= 15 is 0 Å². The molecule has 0 aliphatic carbocycles. The number of hydrogen-bond donors (Lipinski definition) is 0. The average molecular weight is 826 g/mol. The summed E-state index contributed by atoms with van der Waals surface area (Å²) in [7, 11) is 0. The molecule has 0 unspecified atom stereocenters. The van der Waals surface area contributed by atoms with Gasteiger partial charge in [0.2, 0.25) is 0 Å². The van der Waals surface area contributed by atoms with E-state index in [-0.39, 0.29) is 0 Å². The summed E-state index contributed by atoms with van der Waals surface area (Å²) in [5, 5.41) is 10.0. The van der Waals surface area contributed by atoms with Crippen LogP contribution in [0, 0.1) is 0 Å². The molecule has 0 atom stereocenters. The van der Waals surface area contributed by atoms with Crippen molar-refractivity contribution in [2.45, 2.75) is 0 Å². The first-order valence-corrected chi connectivity index (χ1v) is 22.4. The van der Waals surface area contributed by atoms with Crippen molar-refractivity contribution < 1.29 is 0 Å². The fourth-order valence-electron chi connectivity index (χ4n) is 9.60. The van der Waals surface area contributed by atoms with E-state index in [2.05, 4.69) is 266 Å². The normalized spacial score (nSPS) is 11.4. The molecule has 0 saturated heterocycles. The van der Waals surface area contributed by atoms with Gasteiger partial charge >= 0.3 is 0 Å². The topological polar surface area (TPSA) is 3.24 Å². The molecule has 12 aromatic carbocycles. The van der Waals surface area contributed by atoms with Gasteiger partial charge in [0, 0.05) is 16.9 Å². The van der Waals surface area contributed by atoms with E-state index in [1.807, 2.05) is 0 Å². The van der Waals surface area contributed by atoms with E-state index in [9.17, 15) is 0 Å². The maximum Gasteiger partial charge on any atom is 0.0546 e. The maximum atomic E-state index is 2.43. The van der Waals surface area contributed by atoms with Crippen molar-refractivity contribution in [3.8, 4) is 55.6 Å². The van der Waals surface area contributed by atoms with Gasteiger partial charge in [-0.2, -0.15) is 0 Å². The molecule has 0 aliphatic heterocycles. The lowest BCUT2D eigenvalue weighted by Gasteiger charge is -2.29. The Balaban J connectivity index is 0.978. The summed E-state index contributed by atoms with van der Waals surface area (Å²) in [4.78, 5) is 2.43. The van der Waals surface area contributed by atoms with Gasteiger partial charge in [-0.15, -0.1) is 0 Å². The van der Waals surface area contributed by atoms with Gasteiger partial charge in [-0.05, 0) is 148 Å². The molecule has 0 amide bonds. The van der Waals surface area contributed by atoms with Crippen molar-refractivity contribution in [2.75, 3.05) is 4.90 Å². The zero-order valence-electron chi connectivity index (χ0n) is 35.8. The number of fused-ring (bicyclic) bond motifs is 5. The van der Waals surface area contributed by atoms with Crippen molar-refractivity contribution in [2.24, 2.45) is 0 Å². The zero-order valence-corrected chi connectivity index (χ0v) is 35.8. The summed E-state index contributed by atoms with van der Waals surface area (Å²) in [6.45, 7) is 0. The lowest BCUT2D eigenvalue weighted by atomic mass is 9.95. The van der Waals surface area contributed by atoms with E-state index in [4.69, 9.17) is 0 Å². The third-order valence-corrected chi connectivity index (χ3v) is 13.0. The van der Waals surface area contributed by atoms with Gasteiger partial charge in [-0.1, -0.05) is 206 Å². The Morgan fingerprint density at radius 2 is 0.600 bits per heavy atom. The van der Waals surface area contributed by atoms with Crippen LogP contribution in [0.25, 0.3) is 98.7 Å². The van der Waals surface area contributed by atoms with Crippen LogP contribution in [0.1, 0.15) is 0 Å². The van der Waals surface area contributed by atoms with Gasteiger partial charge in [-0.25, -0.2) is 0 Å². The van der Waals surface area contributed by atoms with Crippen LogP contribution in [0.2, 0.25) is 0 Å². The molecule has 0 aromatic heterocycles. The van der Waals surface area contributed by atoms with Crippen molar-refractivity contribution in [1.82, 2.24) is 0 Å². The number of nitrogens with zero attached hydrogens (tertiary/aromatic N) is 1. The molecule has 0 radical (unpaired) electrons. The van der Waals surface area contributed by atoms with E-state index in [1.54, 1.807) is 0 Å². The van der Waals surface area contributed by atoms with E-state index in [0.717, 1.165) is 28.2 Å². The Kier molecular flexibility index (Phi) is 9.58. The lowest BCUT2D eigenvalue weighted by Crippen LogP contribution is -2.11. The molecule has 0 heterocycles. The summed E-state index contributed by atoms with van der Waals surface area (Å²) in [5.41, 5.74) is 15.1. The Morgan fingerprint density at radius 1 is 0.200 bits per heavy atom. The van der Waals surface area contributed by atoms with Crippen molar-refractivity contribution >= 4 is 60.2 Å². The first-order chi connectivity index (χ1) is 32.2. The third kappa shape index (κ3) is 7.30. The molecule has 0 spiro atoms. The predicted molar refractivity (Wildman–Crippen MR) is 278 cm³/mol. The first kappa shape index (κ1) is 38.2. The largest absolute Gasteiger partial charge is 0.310 e. The predicted octanol–water partition coefficient (Wildman–Crippen LogP) is 18.1. The van der Waals surface area contributed by atoms with Crippen LogP contribution in [0.5, 0.6) is 0 Å². The highest BCUT2D eigenvalue weighted by Crippen LogP contribution is 2.44. The minimum atomic E-state index is 1.08. The number of rotatable bonds is 8. The minimum absolute atomic E-state index is 1.08. The highest BCUT2D eigenvalue weighted by atomic mass is 15.1. The second-order valence-electron chi connectivity index (χ2n) is 17.0. The van der Waals surface area contributed by atoms with Gasteiger partial charge in [0.25, 0.3) is 0 Å². The van der Waals surface area contributed by atoms with Crippen LogP contribution in [0.4, 0.5) is 17.1 Å². The lowest BCUT2D eigenvalue weighted by molar-refractivity contribution is 1.28. The SMILES string of the molecule is c1ccc(-c2ccc(-c3ccc4ccccc4c3)cc2N(c2ccc(-c3cccc(-c4ccc5ccccc5c4)c3)cc2)c2ccc(-c3ccc4c(ccc5ccccc54)c3)cc2)cc1. The van der Waals surface area contributed by atoms with Gasteiger partial charge in [-0.3, -0.25) is 0 Å². The fraction of sp³-hybridized carbons (Fsp3) is 0. The standard InChI is InChI=1S/C64H43N/c1-2-13-48(14-3-1)63-38-32-57(56-25-22-45-12-5-7-17-51(45)41-56)43-64(63)65(60-35-29-47(30-36-60)54-31-37-62-58(42-54)26-23-49-15-8-9-20-61(49)62)59-33-27-46(28-34-59)52-18-10-19-53(39-52)55-24-21-44-11-4-6-16-50(44)40-55/h1-43H. The molecule has 1 nitrogen and oxygen atoms in total. The van der Waals surface area contributed by atoms with Crippen LogP contribution < -0.4 is 4.90 Å². The molecule has 0 aliphatic rings. The summed E-state index contributed by atoms with van der Waals surface area (Å²) in [6.07, 6.45) is 0. The fourth-order valence-corrected chi connectivity index (χ4v) is 9.60. The van der Waals surface area contributed by atoms with Crippen molar-refractivity contribution in [1.29, 1.82) is 0 Å². The van der Waals surface area contributed by atoms with Gasteiger partial charge in [0.1, 0.15) is 0 Å². The van der Waals surface area contributed by atoms with Crippen LogP contribution in [-0.2, 0) is 0 Å². The molecule has 12 rings (SSSR count). The molecule has 304 valence electrons. The summed E-state index contributed by atoms with van der Waals surface area (Å²) >= 11 is 0. The Labute approximate surface area is 379 Å². The maximum absolute atomic E-state index is 2.43. The Bertz CT molecular complexity index is 3700. The molecule has 1 heteroatoms. The molecule has 65 heavy (non-hydrogen) atoms. The molecule has 0 N–H and O–H groups in total. The quantitative estimate of drug-likeness (QED) is 0.138. The van der Waals surface area contributed by atoms with Crippen molar-refractivity contribution in [3.05, 3.63) is 261 Å². The Hall–Kier alpha value is -8.52. The number of anilines is 3. The highest BCUT2D eigenvalue weighted by Gasteiger charge is 2.20. The third-order valence-electron chi connectivity index (χ3n) is 13.0. The van der Waals surface area contributed by atoms with E-state index in [1.165, 1.54) is 87.6 Å². The Morgan fingerprint density at radius 3 is 1.25 bits per heavy atom. The number of benzene rings is 12. The molecule has 0 fully saturated rings. The second kappa shape index (κ2) is 16.3. The second-order valence-corrected chi connectivity index (χ2v) is 17.0. The van der Waals surface area contributed by atoms with E-state index in [0.29, 0.717) is 0 Å². The number of hydrogen-bond acceptors (Lipinski definition) is 1. The molecule has 0 saturated carbocycles. The molecular formula is C64H43N. The average Bonchev–Trinajstić information content (AvgIpc) is 3.39. The molecule has 0 bridgehead atoms. The summed E-state index contributed by atoms with van der Waals surface area (Å²) in [5.74, 6) is 0. The summed E-state index contributed by atoms with van der Waals surface area (Å²) < 4.78 is 0. The van der Waals surface area contributed by atoms with Crippen LogP contribution in [0.15, 0.2) is 261 Å². The molecule has 12 aromatic rings. The van der Waals surface area contributed by atoms with Gasteiger partial charge < -0.3 is 4.90 Å². The van der Waals surface area contributed by atoms with Crippen LogP contribution >= 0.6 is 0 Å². The van der Waals surface area contributed by atoms with Crippen LogP contribution in [-0.4, -0.2) is 0 Å². The molecular weight excluding hydrogens is 783 g/mol. The van der Waals surface area contributed by atoms with Crippen molar-refractivity contribution in [3.63, 3.8) is 0 Å². The van der Waals surface area contributed by atoms with Crippen LogP contribution in [0.3, 0.4) is 0 Å².